The van der Waals surface area contributed by atoms with Crippen LogP contribution in [-0.2, 0) is 14.9 Å². The van der Waals surface area contributed by atoms with Gasteiger partial charge >= 0.3 is 5.97 Å². The van der Waals surface area contributed by atoms with Crippen LogP contribution in [0.5, 0.6) is 0 Å². The first-order valence-corrected chi connectivity index (χ1v) is 5.25. The van der Waals surface area contributed by atoms with E-state index in [0.717, 1.165) is 5.56 Å². The van der Waals surface area contributed by atoms with Crippen molar-refractivity contribution >= 4 is 11.8 Å². The molecule has 1 N–H and O–H groups in total. The molecule has 0 saturated carbocycles. The van der Waals surface area contributed by atoms with Gasteiger partial charge in [-0.25, -0.2) is 4.79 Å². The van der Waals surface area contributed by atoms with Crippen LogP contribution in [0.3, 0.4) is 0 Å². The van der Waals surface area contributed by atoms with Gasteiger partial charge in [0, 0.05) is 18.1 Å². The predicted octanol–water partition coefficient (Wildman–Crippen LogP) is 1.88. The van der Waals surface area contributed by atoms with Gasteiger partial charge in [-0.1, -0.05) is 38.1 Å². The van der Waals surface area contributed by atoms with Crippen LogP contribution in [0.15, 0.2) is 24.3 Å². The molecule has 0 bridgehead atoms. The maximum absolute atomic E-state index is 11.2. The van der Waals surface area contributed by atoms with Gasteiger partial charge in [-0.3, -0.25) is 4.79 Å². The summed E-state index contributed by atoms with van der Waals surface area (Å²) in [5.41, 5.74) is 1.02. The van der Waals surface area contributed by atoms with Crippen LogP contribution in [0.4, 0.5) is 0 Å². The first-order chi connectivity index (χ1) is 7.88. The second-order valence-electron chi connectivity index (χ2n) is 4.53. The third-order valence-electron chi connectivity index (χ3n) is 2.63. The Morgan fingerprint density at radius 1 is 1.24 bits per heavy atom. The molecule has 4 nitrogen and oxygen atoms in total. The highest BCUT2D eigenvalue weighted by molar-refractivity contribution is 6.39. The molecule has 0 aromatic heterocycles. The Hall–Kier alpha value is -1.68. The Kier molecular flexibility index (Phi) is 4.02. The molecule has 1 rings (SSSR count). The summed E-state index contributed by atoms with van der Waals surface area (Å²) in [6, 6.07) is 6.58. The maximum atomic E-state index is 11.2. The van der Waals surface area contributed by atoms with Crippen LogP contribution in [-0.4, -0.2) is 30.6 Å². The molecule has 17 heavy (non-hydrogen) atoms. The van der Waals surface area contributed by atoms with Gasteiger partial charge in [0.2, 0.25) is 0 Å². The zero-order valence-corrected chi connectivity index (χ0v) is 10.2. The van der Waals surface area contributed by atoms with E-state index in [4.69, 9.17) is 9.84 Å². The summed E-state index contributed by atoms with van der Waals surface area (Å²) in [7, 11) is 1.63. The Labute approximate surface area is 100 Å². The predicted molar refractivity (Wildman–Crippen MR) is 63.3 cm³/mol. The van der Waals surface area contributed by atoms with Crippen LogP contribution in [0, 0.1) is 0 Å². The highest BCUT2D eigenvalue weighted by Gasteiger charge is 2.21. The van der Waals surface area contributed by atoms with Gasteiger partial charge in [-0.05, 0) is 5.56 Å². The van der Waals surface area contributed by atoms with Crippen molar-refractivity contribution in [1.29, 1.82) is 0 Å². The van der Waals surface area contributed by atoms with Gasteiger partial charge in [-0.2, -0.15) is 0 Å². The van der Waals surface area contributed by atoms with Crippen molar-refractivity contribution in [3.8, 4) is 0 Å². The lowest BCUT2D eigenvalue weighted by Crippen LogP contribution is -2.23. The molecule has 1 aromatic rings. The second kappa shape index (κ2) is 5.10. The molecule has 0 amide bonds. The highest BCUT2D eigenvalue weighted by Crippen LogP contribution is 2.23. The second-order valence-corrected chi connectivity index (χ2v) is 4.53. The number of ketones is 1. The molecule has 0 aliphatic rings. The van der Waals surface area contributed by atoms with Crippen LogP contribution >= 0.6 is 0 Å². The summed E-state index contributed by atoms with van der Waals surface area (Å²) < 4.78 is 5.12. The lowest BCUT2D eigenvalue weighted by molar-refractivity contribution is -0.131. The smallest absolute Gasteiger partial charge is 0.377 e. The molecule has 0 aliphatic carbocycles. The molecule has 0 saturated heterocycles. The third-order valence-corrected chi connectivity index (χ3v) is 2.63. The third kappa shape index (κ3) is 3.14. The molecule has 0 aliphatic heterocycles. The van der Waals surface area contributed by atoms with E-state index in [1.807, 2.05) is 13.8 Å². The van der Waals surface area contributed by atoms with Gasteiger partial charge in [-0.15, -0.1) is 0 Å². The molecular weight excluding hydrogens is 220 g/mol. The summed E-state index contributed by atoms with van der Waals surface area (Å²) in [5, 5.41) is 8.58. The standard InChI is InChI=1S/C13H16O4/c1-13(2,8-17-3)10-6-4-9(5-7-10)11(14)12(15)16/h4-7H,8H2,1-3H3,(H,15,16). The molecule has 4 heteroatoms. The average molecular weight is 236 g/mol. The lowest BCUT2D eigenvalue weighted by Gasteiger charge is -2.24. The number of carbonyl (C=O) groups excluding carboxylic acids is 1. The first kappa shape index (κ1) is 13.4. The number of Topliss-reactive ketones (excluding diaryl/α,β-unsaturated/α-hetero) is 1. The summed E-state index contributed by atoms with van der Waals surface area (Å²) in [4.78, 5) is 21.7. The number of methoxy groups -OCH3 is 1. The molecule has 0 atom stereocenters. The molecule has 1 aromatic carbocycles. The van der Waals surface area contributed by atoms with Crippen LogP contribution in [0.1, 0.15) is 29.8 Å². The quantitative estimate of drug-likeness (QED) is 0.626. The summed E-state index contributed by atoms with van der Waals surface area (Å²) in [6.07, 6.45) is 0. The van der Waals surface area contributed by atoms with Crippen molar-refractivity contribution < 1.29 is 19.4 Å². The van der Waals surface area contributed by atoms with Gasteiger partial charge < -0.3 is 9.84 Å². The Morgan fingerprint density at radius 3 is 2.18 bits per heavy atom. The molecule has 0 radical (unpaired) electrons. The number of carboxylic acids is 1. The van der Waals surface area contributed by atoms with E-state index in [-0.39, 0.29) is 11.0 Å². The number of hydrogen-bond acceptors (Lipinski definition) is 3. The van der Waals surface area contributed by atoms with E-state index in [1.165, 1.54) is 12.1 Å². The van der Waals surface area contributed by atoms with E-state index < -0.39 is 11.8 Å². The number of carboxylic acid groups (broad SMARTS) is 1. The van der Waals surface area contributed by atoms with Crippen molar-refractivity contribution in [2.24, 2.45) is 0 Å². The SMILES string of the molecule is COCC(C)(C)c1ccc(C(=O)C(=O)O)cc1. The molecule has 92 valence electrons. The number of benzene rings is 1. The topological polar surface area (TPSA) is 63.6 Å². The Morgan fingerprint density at radius 2 is 1.76 bits per heavy atom. The summed E-state index contributed by atoms with van der Waals surface area (Å²) in [5.74, 6) is -2.32. The average Bonchev–Trinajstić information content (AvgIpc) is 2.28. The van der Waals surface area contributed by atoms with Crippen LogP contribution in [0.2, 0.25) is 0 Å². The normalized spacial score (nSPS) is 11.2. The molecular formula is C13H16O4. The summed E-state index contributed by atoms with van der Waals surface area (Å²) in [6.45, 7) is 4.59. The largest absolute Gasteiger partial charge is 0.475 e. The van der Waals surface area contributed by atoms with Crippen molar-refractivity contribution in [2.75, 3.05) is 13.7 Å². The van der Waals surface area contributed by atoms with Crippen LogP contribution in [0.25, 0.3) is 0 Å². The molecule has 0 unspecified atom stereocenters. The van der Waals surface area contributed by atoms with Gasteiger partial charge in [0.15, 0.2) is 0 Å². The van der Waals surface area contributed by atoms with E-state index in [9.17, 15) is 9.59 Å². The summed E-state index contributed by atoms with van der Waals surface area (Å²) >= 11 is 0. The fourth-order valence-corrected chi connectivity index (χ4v) is 1.64. The van der Waals surface area contributed by atoms with Crippen molar-refractivity contribution in [2.45, 2.75) is 19.3 Å². The number of hydrogen-bond donors (Lipinski definition) is 1. The van der Waals surface area contributed by atoms with Crippen molar-refractivity contribution in [1.82, 2.24) is 0 Å². The van der Waals surface area contributed by atoms with E-state index in [0.29, 0.717) is 6.61 Å². The van der Waals surface area contributed by atoms with Gasteiger partial charge in [0.1, 0.15) is 0 Å². The minimum atomic E-state index is -1.44. The minimum absolute atomic E-state index is 0.167. The monoisotopic (exact) mass is 236 g/mol. The Balaban J connectivity index is 2.96. The van der Waals surface area contributed by atoms with E-state index in [1.54, 1.807) is 19.2 Å². The minimum Gasteiger partial charge on any atom is -0.475 e. The van der Waals surface area contributed by atoms with Gasteiger partial charge in [0.05, 0.1) is 6.61 Å². The van der Waals surface area contributed by atoms with Crippen molar-refractivity contribution in [3.05, 3.63) is 35.4 Å². The zero-order chi connectivity index (χ0) is 13.1. The Bertz CT molecular complexity index is 418. The van der Waals surface area contributed by atoms with Gasteiger partial charge in [0.25, 0.3) is 5.78 Å². The fourth-order valence-electron chi connectivity index (χ4n) is 1.64. The lowest BCUT2D eigenvalue weighted by atomic mass is 9.85. The number of aliphatic carboxylic acids is 1. The molecule has 0 fully saturated rings. The zero-order valence-electron chi connectivity index (χ0n) is 10.2. The number of rotatable bonds is 5. The first-order valence-electron chi connectivity index (χ1n) is 5.25. The maximum Gasteiger partial charge on any atom is 0.377 e. The number of ether oxygens (including phenoxy) is 1. The highest BCUT2D eigenvalue weighted by atomic mass is 16.5. The number of carbonyl (C=O) groups is 2. The van der Waals surface area contributed by atoms with E-state index >= 15 is 0 Å². The molecule has 0 heterocycles. The fraction of sp³-hybridized carbons (Fsp3) is 0.385. The van der Waals surface area contributed by atoms with E-state index in [2.05, 4.69) is 0 Å². The molecule has 0 spiro atoms. The van der Waals surface area contributed by atoms with Crippen molar-refractivity contribution in [3.63, 3.8) is 0 Å². The van der Waals surface area contributed by atoms with Crippen LogP contribution < -0.4 is 0 Å².